The summed E-state index contributed by atoms with van der Waals surface area (Å²) in [5, 5.41) is 6.86. The van der Waals surface area contributed by atoms with Crippen molar-refractivity contribution >= 4 is 5.91 Å². The first-order chi connectivity index (χ1) is 14.5. The van der Waals surface area contributed by atoms with Crippen LogP contribution in [-0.2, 0) is 6.54 Å². The van der Waals surface area contributed by atoms with Gasteiger partial charge < -0.3 is 5.32 Å². The lowest BCUT2D eigenvalue weighted by Gasteiger charge is -2.11. The number of amides is 1. The van der Waals surface area contributed by atoms with Gasteiger partial charge in [-0.15, -0.1) is 0 Å². The Morgan fingerprint density at radius 1 is 1.03 bits per heavy atom. The number of nitrogens with one attached hydrogen (secondary N) is 1. The summed E-state index contributed by atoms with van der Waals surface area (Å²) in [6, 6.07) is 14.7. The van der Waals surface area contributed by atoms with Crippen molar-refractivity contribution in [3.05, 3.63) is 106 Å². The molecule has 0 aliphatic carbocycles. The van der Waals surface area contributed by atoms with E-state index in [0.29, 0.717) is 11.3 Å². The second kappa shape index (κ2) is 8.12. The summed E-state index contributed by atoms with van der Waals surface area (Å²) in [7, 11) is 0. The molecule has 2 aromatic carbocycles. The summed E-state index contributed by atoms with van der Waals surface area (Å²) in [6.45, 7) is 1.97. The van der Waals surface area contributed by atoms with Crippen LogP contribution in [0.4, 0.5) is 4.39 Å². The molecule has 0 bridgehead atoms. The van der Waals surface area contributed by atoms with Gasteiger partial charge in [0.1, 0.15) is 24.0 Å². The van der Waals surface area contributed by atoms with Gasteiger partial charge in [-0.1, -0.05) is 12.1 Å². The lowest BCUT2D eigenvalue weighted by Crippen LogP contribution is -2.33. The van der Waals surface area contributed by atoms with Crippen molar-refractivity contribution in [3.8, 4) is 11.4 Å². The molecule has 0 unspecified atom stereocenters. The number of nitrogens with zero attached hydrogens (tertiary/aromatic N) is 4. The van der Waals surface area contributed by atoms with Crippen molar-refractivity contribution in [2.75, 3.05) is 0 Å². The molecule has 2 aromatic heterocycles. The summed E-state index contributed by atoms with van der Waals surface area (Å²) in [6.07, 6.45) is 4.63. The lowest BCUT2D eigenvalue weighted by atomic mass is 10.1. The molecule has 0 radical (unpaired) electrons. The number of hydrogen-bond acceptors (Lipinski definition) is 4. The minimum Gasteiger partial charge on any atom is -0.348 e. The van der Waals surface area contributed by atoms with Crippen molar-refractivity contribution in [1.82, 2.24) is 24.6 Å². The Labute approximate surface area is 171 Å². The molecule has 150 valence electrons. The summed E-state index contributed by atoms with van der Waals surface area (Å²) in [4.78, 5) is 29.5. The average Bonchev–Trinajstić information content (AvgIpc) is 3.29. The Kier molecular flexibility index (Phi) is 5.21. The van der Waals surface area contributed by atoms with Crippen molar-refractivity contribution in [3.63, 3.8) is 0 Å². The average molecular weight is 403 g/mol. The number of aromatic nitrogens is 4. The molecule has 0 atom stereocenters. The molecule has 7 nitrogen and oxygen atoms in total. The zero-order valence-electron chi connectivity index (χ0n) is 16.1. The Hall–Kier alpha value is -4.07. The second-order valence-corrected chi connectivity index (χ2v) is 6.71. The van der Waals surface area contributed by atoms with Crippen LogP contribution < -0.4 is 10.9 Å². The van der Waals surface area contributed by atoms with Gasteiger partial charge in [-0.05, 0) is 60.5 Å². The smallest absolute Gasteiger partial charge is 0.268 e. The van der Waals surface area contributed by atoms with E-state index in [-0.39, 0.29) is 12.1 Å². The normalized spacial score (nSPS) is 10.7. The highest BCUT2D eigenvalue weighted by molar-refractivity contribution is 5.95. The second-order valence-electron chi connectivity index (χ2n) is 6.71. The number of carbonyl (C=O) groups excluding carboxylic acids is 1. The van der Waals surface area contributed by atoms with Crippen LogP contribution in [0.25, 0.3) is 11.4 Å². The fraction of sp³-hybridized carbons (Fsp3) is 0.0909. The molecule has 30 heavy (non-hydrogen) atoms. The minimum atomic E-state index is -0.464. The molecule has 0 saturated heterocycles. The van der Waals surface area contributed by atoms with E-state index in [1.807, 2.05) is 24.3 Å². The topological polar surface area (TPSA) is 81.8 Å². The molecule has 0 fully saturated rings. The van der Waals surface area contributed by atoms with Gasteiger partial charge in [0.15, 0.2) is 0 Å². The number of halogens is 1. The largest absolute Gasteiger partial charge is 0.348 e. The van der Waals surface area contributed by atoms with E-state index in [2.05, 4.69) is 15.4 Å². The van der Waals surface area contributed by atoms with Gasteiger partial charge in [-0.25, -0.2) is 14.1 Å². The van der Waals surface area contributed by atoms with E-state index in [1.54, 1.807) is 30.2 Å². The van der Waals surface area contributed by atoms with Crippen LogP contribution in [0.5, 0.6) is 0 Å². The molecule has 0 saturated carbocycles. The van der Waals surface area contributed by atoms with Crippen molar-refractivity contribution in [2.45, 2.75) is 13.5 Å². The predicted molar refractivity (Wildman–Crippen MR) is 109 cm³/mol. The number of hydrogen-bond donors (Lipinski definition) is 1. The monoisotopic (exact) mass is 403 g/mol. The zero-order valence-corrected chi connectivity index (χ0v) is 16.1. The van der Waals surface area contributed by atoms with Crippen molar-refractivity contribution in [2.24, 2.45) is 0 Å². The van der Waals surface area contributed by atoms with Crippen LogP contribution in [0.1, 0.15) is 21.5 Å². The third-order valence-corrected chi connectivity index (χ3v) is 4.71. The Bertz CT molecular complexity index is 1230. The van der Waals surface area contributed by atoms with Gasteiger partial charge >= 0.3 is 0 Å². The SMILES string of the molecule is Cc1ccn(-c2ccc(F)cc2)c(=O)c1C(=O)NCc1ccc(-n2cncn2)cc1. The summed E-state index contributed by atoms with van der Waals surface area (Å²) in [5.41, 5.74) is 2.38. The first-order valence-electron chi connectivity index (χ1n) is 9.23. The van der Waals surface area contributed by atoms with Crippen LogP contribution in [0.2, 0.25) is 0 Å². The Morgan fingerprint density at radius 3 is 2.40 bits per heavy atom. The van der Waals surface area contributed by atoms with Crippen molar-refractivity contribution < 1.29 is 9.18 Å². The molecule has 4 rings (SSSR count). The van der Waals surface area contributed by atoms with Gasteiger partial charge in [0, 0.05) is 18.4 Å². The molecular weight excluding hydrogens is 385 g/mol. The van der Waals surface area contributed by atoms with Crippen LogP contribution in [0.15, 0.2) is 78.2 Å². The number of carbonyl (C=O) groups is 1. The third kappa shape index (κ3) is 3.88. The highest BCUT2D eigenvalue weighted by atomic mass is 19.1. The molecule has 0 aliphatic rings. The fourth-order valence-electron chi connectivity index (χ4n) is 3.09. The van der Waals surface area contributed by atoms with Crippen molar-refractivity contribution in [1.29, 1.82) is 0 Å². The van der Waals surface area contributed by atoms with E-state index in [1.165, 1.54) is 35.2 Å². The summed E-state index contributed by atoms with van der Waals surface area (Å²) >= 11 is 0. The van der Waals surface area contributed by atoms with E-state index < -0.39 is 17.3 Å². The lowest BCUT2D eigenvalue weighted by molar-refractivity contribution is 0.0948. The molecular formula is C22H18FN5O2. The summed E-state index contributed by atoms with van der Waals surface area (Å²) < 4.78 is 16.1. The van der Waals surface area contributed by atoms with Gasteiger partial charge in [0.2, 0.25) is 0 Å². The number of aryl methyl sites for hydroxylation is 1. The molecule has 8 heteroatoms. The Morgan fingerprint density at radius 2 is 1.73 bits per heavy atom. The first-order valence-corrected chi connectivity index (χ1v) is 9.23. The molecule has 1 amide bonds. The van der Waals surface area contributed by atoms with Crippen LogP contribution in [0, 0.1) is 12.7 Å². The third-order valence-electron chi connectivity index (χ3n) is 4.71. The first kappa shape index (κ1) is 19.3. The highest BCUT2D eigenvalue weighted by Gasteiger charge is 2.16. The number of pyridine rings is 1. The Balaban J connectivity index is 1.52. The quantitative estimate of drug-likeness (QED) is 0.556. The number of rotatable bonds is 5. The maximum atomic E-state index is 13.2. The maximum Gasteiger partial charge on any atom is 0.268 e. The van der Waals surface area contributed by atoms with Crippen LogP contribution in [0.3, 0.4) is 0 Å². The predicted octanol–water partition coefficient (Wildman–Crippen LogP) is 2.80. The van der Waals surface area contributed by atoms with E-state index in [0.717, 1.165) is 11.3 Å². The fourth-order valence-corrected chi connectivity index (χ4v) is 3.09. The summed E-state index contributed by atoms with van der Waals surface area (Å²) in [5.74, 6) is -0.860. The van der Waals surface area contributed by atoms with Crippen LogP contribution >= 0.6 is 0 Å². The van der Waals surface area contributed by atoms with Gasteiger partial charge in [-0.2, -0.15) is 5.10 Å². The zero-order chi connectivity index (χ0) is 21.1. The van der Waals surface area contributed by atoms with E-state index in [4.69, 9.17) is 0 Å². The van der Waals surface area contributed by atoms with Gasteiger partial charge in [0.05, 0.1) is 5.69 Å². The van der Waals surface area contributed by atoms with Crippen LogP contribution in [-0.4, -0.2) is 25.2 Å². The molecule has 4 aromatic rings. The minimum absolute atomic E-state index is 0.0565. The number of benzene rings is 2. The van der Waals surface area contributed by atoms with E-state index in [9.17, 15) is 14.0 Å². The standard InChI is InChI=1S/C22H18FN5O2/c1-15-10-11-27(18-8-4-17(23)5-9-18)22(30)20(15)21(29)25-12-16-2-6-19(7-3-16)28-14-24-13-26-28/h2-11,13-14H,12H2,1H3,(H,25,29). The van der Waals surface area contributed by atoms with E-state index >= 15 is 0 Å². The molecule has 0 spiro atoms. The van der Waals surface area contributed by atoms with Gasteiger partial charge in [-0.3, -0.25) is 14.2 Å². The maximum absolute atomic E-state index is 13.2. The molecule has 0 aliphatic heterocycles. The molecule has 2 heterocycles. The van der Waals surface area contributed by atoms with Gasteiger partial charge in [0.25, 0.3) is 11.5 Å². The highest BCUT2D eigenvalue weighted by Crippen LogP contribution is 2.11. The molecule has 1 N–H and O–H groups in total.